The Morgan fingerprint density at radius 1 is 1.63 bits per heavy atom. The first-order valence-corrected chi connectivity index (χ1v) is 7.50. The maximum Gasteiger partial charge on any atom is 0.254 e. The number of benzene rings is 1. The topological polar surface area (TPSA) is 49.8 Å². The fraction of sp³-hybridized carbons (Fsp3) is 0.462. The number of ether oxygens (including phenoxy) is 1. The summed E-state index contributed by atoms with van der Waals surface area (Å²) in [6.45, 7) is 3.02. The lowest BCUT2D eigenvalue weighted by Crippen LogP contribution is -2.51. The summed E-state index contributed by atoms with van der Waals surface area (Å²) in [5.74, 6) is -0.116. The van der Waals surface area contributed by atoms with E-state index < -0.39 is 0 Å². The molecule has 0 bridgehead atoms. The summed E-state index contributed by atoms with van der Waals surface area (Å²) in [6, 6.07) is 4.53. The summed E-state index contributed by atoms with van der Waals surface area (Å²) >= 11 is 9.20. The quantitative estimate of drug-likeness (QED) is 0.836. The zero-order valence-electron chi connectivity index (χ0n) is 10.5. The van der Waals surface area contributed by atoms with Gasteiger partial charge in [0, 0.05) is 17.4 Å². The molecular weight excluding hydrogens is 334 g/mol. The van der Waals surface area contributed by atoms with E-state index in [0.29, 0.717) is 24.0 Å². The highest BCUT2D eigenvalue weighted by Gasteiger charge is 2.29. The number of carbonyl (C=O) groups excluding carboxylic acids is 1. The van der Waals surface area contributed by atoms with Gasteiger partial charge in [-0.1, -0.05) is 27.5 Å². The summed E-state index contributed by atoms with van der Waals surface area (Å²) in [4.78, 5) is 14.2. The average molecular weight is 349 g/mol. The molecule has 1 fully saturated rings. The molecule has 1 amide bonds. The smallest absolute Gasteiger partial charge is 0.254 e. The lowest BCUT2D eigenvalue weighted by Gasteiger charge is -2.37. The molecule has 1 heterocycles. The number of hydrogen-bond donors (Lipinski definition) is 1. The molecule has 6 heteroatoms. The third-order valence-electron chi connectivity index (χ3n) is 3.13. The molecule has 2 rings (SSSR count). The van der Waals surface area contributed by atoms with Crippen LogP contribution in [0.3, 0.4) is 0 Å². The maximum absolute atomic E-state index is 12.4. The van der Waals surface area contributed by atoms with E-state index in [1.165, 1.54) is 12.1 Å². The van der Waals surface area contributed by atoms with Gasteiger partial charge in [-0.25, -0.2) is 0 Å². The number of carbonyl (C=O) groups is 1. The molecule has 104 valence electrons. The minimum Gasteiger partial charge on any atom is -0.506 e. The number of rotatable bonds is 2. The van der Waals surface area contributed by atoms with Gasteiger partial charge in [0.25, 0.3) is 5.91 Å². The number of nitrogens with zero attached hydrogens (tertiary/aromatic N) is 1. The number of morpholine rings is 1. The van der Waals surface area contributed by atoms with Gasteiger partial charge in [-0.05, 0) is 25.1 Å². The minimum atomic E-state index is -0.0938. The Labute approximate surface area is 125 Å². The Hall–Kier alpha value is -0.780. The van der Waals surface area contributed by atoms with Gasteiger partial charge in [0.1, 0.15) is 5.75 Å². The number of hydrogen-bond acceptors (Lipinski definition) is 3. The Morgan fingerprint density at radius 2 is 2.37 bits per heavy atom. The van der Waals surface area contributed by atoms with Gasteiger partial charge in [0.2, 0.25) is 0 Å². The molecule has 1 saturated heterocycles. The van der Waals surface area contributed by atoms with Crippen molar-refractivity contribution in [2.45, 2.75) is 19.1 Å². The summed E-state index contributed by atoms with van der Waals surface area (Å²) < 4.78 is 5.59. The van der Waals surface area contributed by atoms with Crippen LogP contribution in [0.5, 0.6) is 5.75 Å². The van der Waals surface area contributed by atoms with E-state index in [2.05, 4.69) is 15.9 Å². The first kappa shape index (κ1) is 14.6. The van der Waals surface area contributed by atoms with Crippen molar-refractivity contribution in [3.8, 4) is 5.75 Å². The highest BCUT2D eigenvalue weighted by atomic mass is 79.9. The summed E-state index contributed by atoms with van der Waals surface area (Å²) in [7, 11) is 0. The average Bonchev–Trinajstić information content (AvgIpc) is 2.41. The van der Waals surface area contributed by atoms with Gasteiger partial charge >= 0.3 is 0 Å². The van der Waals surface area contributed by atoms with Gasteiger partial charge in [-0.2, -0.15) is 0 Å². The van der Waals surface area contributed by atoms with Crippen molar-refractivity contribution in [3.63, 3.8) is 0 Å². The van der Waals surface area contributed by atoms with E-state index >= 15 is 0 Å². The van der Waals surface area contributed by atoms with E-state index in [1.54, 1.807) is 11.0 Å². The first-order chi connectivity index (χ1) is 9.02. The van der Waals surface area contributed by atoms with Crippen molar-refractivity contribution in [2.24, 2.45) is 0 Å². The van der Waals surface area contributed by atoms with Gasteiger partial charge < -0.3 is 14.7 Å². The number of alkyl halides is 1. The normalized spacial score (nSPS) is 23.4. The number of halogens is 2. The Balaban J connectivity index is 2.19. The molecule has 19 heavy (non-hydrogen) atoms. The molecule has 1 aromatic carbocycles. The molecule has 0 aromatic heterocycles. The van der Waals surface area contributed by atoms with E-state index in [-0.39, 0.29) is 28.8 Å². The molecule has 0 saturated carbocycles. The van der Waals surface area contributed by atoms with Crippen LogP contribution < -0.4 is 0 Å². The van der Waals surface area contributed by atoms with Crippen LogP contribution in [0, 0.1) is 0 Å². The number of phenols is 1. The second-order valence-electron chi connectivity index (χ2n) is 4.58. The predicted molar refractivity (Wildman–Crippen MR) is 77.1 cm³/mol. The molecular formula is C13H15BrClNO3. The summed E-state index contributed by atoms with van der Waals surface area (Å²) in [5, 5.41) is 10.3. The molecule has 2 atom stereocenters. The van der Waals surface area contributed by atoms with Crippen LogP contribution in [0.2, 0.25) is 5.02 Å². The first-order valence-electron chi connectivity index (χ1n) is 6.00. The second kappa shape index (κ2) is 6.11. The molecule has 1 aromatic rings. The monoisotopic (exact) mass is 347 g/mol. The van der Waals surface area contributed by atoms with Crippen LogP contribution in [0.25, 0.3) is 0 Å². The molecule has 0 aliphatic carbocycles. The van der Waals surface area contributed by atoms with Crippen molar-refractivity contribution in [1.29, 1.82) is 0 Å². The third-order valence-corrected chi connectivity index (χ3v) is 4.16. The molecule has 0 spiro atoms. The molecule has 1 aliphatic heterocycles. The highest BCUT2D eigenvalue weighted by molar-refractivity contribution is 9.09. The minimum absolute atomic E-state index is 0.00716. The summed E-state index contributed by atoms with van der Waals surface area (Å²) in [5.41, 5.74) is 0.477. The van der Waals surface area contributed by atoms with Crippen molar-refractivity contribution in [2.75, 3.05) is 18.5 Å². The lowest BCUT2D eigenvalue weighted by atomic mass is 10.1. The van der Waals surface area contributed by atoms with Crippen LogP contribution in [-0.4, -0.2) is 46.5 Å². The zero-order chi connectivity index (χ0) is 14.0. The van der Waals surface area contributed by atoms with Crippen LogP contribution in [-0.2, 0) is 4.74 Å². The molecule has 0 radical (unpaired) electrons. The Kier molecular flexibility index (Phi) is 4.71. The third kappa shape index (κ3) is 3.22. The van der Waals surface area contributed by atoms with Gasteiger partial charge in [0.05, 0.1) is 23.8 Å². The van der Waals surface area contributed by atoms with E-state index in [9.17, 15) is 9.90 Å². The largest absolute Gasteiger partial charge is 0.506 e. The van der Waals surface area contributed by atoms with Crippen LogP contribution >= 0.6 is 27.5 Å². The second-order valence-corrected chi connectivity index (χ2v) is 5.64. The summed E-state index contributed by atoms with van der Waals surface area (Å²) in [6.07, 6.45) is 0.00716. The Morgan fingerprint density at radius 3 is 3.00 bits per heavy atom. The number of phenolic OH excluding ortho intramolecular Hbond substituents is 1. The van der Waals surface area contributed by atoms with Crippen molar-refractivity contribution >= 4 is 33.4 Å². The molecule has 1 aliphatic rings. The lowest BCUT2D eigenvalue weighted by molar-refractivity contribution is -0.0361. The SMILES string of the molecule is CC1COC(CBr)CN1C(=O)c1ccc(O)c(Cl)c1. The van der Waals surface area contributed by atoms with Crippen LogP contribution in [0.1, 0.15) is 17.3 Å². The number of amides is 1. The molecule has 4 nitrogen and oxygen atoms in total. The molecule has 1 N–H and O–H groups in total. The standard InChI is InChI=1S/C13H15BrClNO3/c1-8-7-19-10(5-14)6-16(8)13(18)9-2-3-12(17)11(15)4-9/h2-4,8,10,17H,5-7H2,1H3. The van der Waals surface area contributed by atoms with Crippen LogP contribution in [0.15, 0.2) is 18.2 Å². The van der Waals surface area contributed by atoms with E-state index in [1.807, 2.05) is 6.92 Å². The van der Waals surface area contributed by atoms with Crippen LogP contribution in [0.4, 0.5) is 0 Å². The zero-order valence-corrected chi connectivity index (χ0v) is 12.8. The van der Waals surface area contributed by atoms with Crippen molar-refractivity contribution in [3.05, 3.63) is 28.8 Å². The van der Waals surface area contributed by atoms with Gasteiger partial charge in [-0.3, -0.25) is 4.79 Å². The van der Waals surface area contributed by atoms with E-state index in [4.69, 9.17) is 16.3 Å². The van der Waals surface area contributed by atoms with Gasteiger partial charge in [0.15, 0.2) is 0 Å². The van der Waals surface area contributed by atoms with E-state index in [0.717, 1.165) is 0 Å². The highest BCUT2D eigenvalue weighted by Crippen LogP contribution is 2.25. The Bertz CT molecular complexity index is 483. The predicted octanol–water partition coefficient (Wildman–Crippen LogP) is 2.67. The molecule has 2 unspecified atom stereocenters. The maximum atomic E-state index is 12.4. The van der Waals surface area contributed by atoms with Gasteiger partial charge in [-0.15, -0.1) is 0 Å². The fourth-order valence-electron chi connectivity index (χ4n) is 2.00. The van der Waals surface area contributed by atoms with Crippen molar-refractivity contribution < 1.29 is 14.6 Å². The number of aromatic hydroxyl groups is 1. The fourth-order valence-corrected chi connectivity index (χ4v) is 2.57. The van der Waals surface area contributed by atoms with Crippen molar-refractivity contribution in [1.82, 2.24) is 4.90 Å².